The maximum absolute atomic E-state index is 6.78. The fraction of sp³-hybridized carbons (Fsp3) is 0. The largest absolute Gasteiger partial charge is 0.454 e. The Kier molecular flexibility index (Phi) is 6.05. The Morgan fingerprint density at radius 1 is 0.451 bits per heavy atom. The summed E-state index contributed by atoms with van der Waals surface area (Å²) in [5.74, 6) is 1.86. The zero-order chi connectivity index (χ0) is 33.5. The van der Waals surface area contributed by atoms with Gasteiger partial charge in [0.15, 0.2) is 23.1 Å². The summed E-state index contributed by atoms with van der Waals surface area (Å²) in [4.78, 5) is 15.4. The molecule has 11 rings (SSSR count). The van der Waals surface area contributed by atoms with Gasteiger partial charge in [-0.15, -0.1) is 11.3 Å². The fourth-order valence-corrected chi connectivity index (χ4v) is 8.73. The van der Waals surface area contributed by atoms with Crippen molar-refractivity contribution in [1.29, 1.82) is 0 Å². The smallest absolute Gasteiger partial charge is 0.164 e. The highest BCUT2D eigenvalue weighted by Gasteiger charge is 2.21. The molecule has 0 N–H and O–H groups in total. The maximum Gasteiger partial charge on any atom is 0.164 e. The van der Waals surface area contributed by atoms with Crippen molar-refractivity contribution in [2.45, 2.75) is 0 Å². The third-order valence-corrected chi connectivity index (χ3v) is 11.0. The van der Waals surface area contributed by atoms with Crippen molar-refractivity contribution in [2.75, 3.05) is 0 Å². The molecule has 0 atom stereocenters. The Bertz CT molecular complexity index is 3100. The molecule has 0 saturated heterocycles. The molecule has 0 aliphatic rings. The van der Waals surface area contributed by atoms with Crippen molar-refractivity contribution < 1.29 is 4.42 Å². The van der Waals surface area contributed by atoms with Gasteiger partial charge in [0.1, 0.15) is 5.58 Å². The number of hydrogen-bond acceptors (Lipinski definition) is 5. The van der Waals surface area contributed by atoms with Crippen LogP contribution in [0, 0.1) is 0 Å². The van der Waals surface area contributed by atoms with E-state index in [4.69, 9.17) is 19.4 Å². The summed E-state index contributed by atoms with van der Waals surface area (Å²) in [7, 11) is 0. The predicted molar refractivity (Wildman–Crippen MR) is 211 cm³/mol. The van der Waals surface area contributed by atoms with Crippen LogP contribution in [0.25, 0.3) is 104 Å². The summed E-state index contributed by atoms with van der Waals surface area (Å²) in [6, 6.07) is 54.9. The Morgan fingerprint density at radius 2 is 1.08 bits per heavy atom. The molecule has 0 bridgehead atoms. The number of furan rings is 1. The van der Waals surface area contributed by atoms with E-state index in [0.717, 1.165) is 55.3 Å². The van der Waals surface area contributed by atoms with Gasteiger partial charge in [-0.05, 0) is 36.4 Å². The number of benzene rings is 7. The highest BCUT2D eigenvalue weighted by molar-refractivity contribution is 7.25. The van der Waals surface area contributed by atoms with E-state index in [1.165, 1.54) is 30.9 Å². The van der Waals surface area contributed by atoms with Crippen LogP contribution in [-0.2, 0) is 0 Å². The van der Waals surface area contributed by atoms with Gasteiger partial charge >= 0.3 is 0 Å². The van der Waals surface area contributed by atoms with Gasteiger partial charge in [0.05, 0.1) is 16.7 Å². The van der Waals surface area contributed by atoms with Gasteiger partial charge in [-0.2, -0.15) is 0 Å². The van der Waals surface area contributed by atoms with E-state index in [1.54, 1.807) is 11.3 Å². The van der Waals surface area contributed by atoms with Gasteiger partial charge in [0.25, 0.3) is 0 Å². The van der Waals surface area contributed by atoms with E-state index in [1.807, 2.05) is 42.5 Å². The molecule has 6 heteroatoms. The van der Waals surface area contributed by atoms with Gasteiger partial charge in [0, 0.05) is 58.4 Å². The number of fused-ring (bicyclic) bond motifs is 9. The molecular weight excluding hydrogens is 645 g/mol. The van der Waals surface area contributed by atoms with Crippen LogP contribution in [0.15, 0.2) is 162 Å². The summed E-state index contributed by atoms with van der Waals surface area (Å²) in [5.41, 5.74) is 7.65. The summed E-state index contributed by atoms with van der Waals surface area (Å²) in [5, 5.41) is 6.92. The molecule has 4 aromatic heterocycles. The SMILES string of the molecule is c1ccc(-c2nc(-c3ccc4c(c3)sc3ccccc34)nc(-c3cccc4oc5c(-n6c7ccccc7c7ccccc76)cccc5c34)n2)cc1. The van der Waals surface area contributed by atoms with Crippen LogP contribution in [0.2, 0.25) is 0 Å². The van der Waals surface area contributed by atoms with Gasteiger partial charge < -0.3 is 8.98 Å². The summed E-state index contributed by atoms with van der Waals surface area (Å²) >= 11 is 1.79. The van der Waals surface area contributed by atoms with Gasteiger partial charge in [-0.1, -0.05) is 121 Å². The quantitative estimate of drug-likeness (QED) is 0.187. The normalized spacial score (nSPS) is 11.9. The molecule has 0 fully saturated rings. The van der Waals surface area contributed by atoms with E-state index >= 15 is 0 Å². The van der Waals surface area contributed by atoms with Crippen molar-refractivity contribution in [3.8, 4) is 39.9 Å². The van der Waals surface area contributed by atoms with E-state index < -0.39 is 0 Å². The van der Waals surface area contributed by atoms with Crippen LogP contribution < -0.4 is 0 Å². The number of aromatic nitrogens is 4. The first-order valence-electron chi connectivity index (χ1n) is 16.9. The number of para-hydroxylation sites is 3. The lowest BCUT2D eigenvalue weighted by molar-refractivity contribution is 0.666. The minimum Gasteiger partial charge on any atom is -0.454 e. The maximum atomic E-state index is 6.78. The van der Waals surface area contributed by atoms with E-state index in [0.29, 0.717) is 17.5 Å². The summed E-state index contributed by atoms with van der Waals surface area (Å²) < 4.78 is 11.6. The highest BCUT2D eigenvalue weighted by Crippen LogP contribution is 2.42. The first kappa shape index (κ1) is 28.2. The van der Waals surface area contributed by atoms with Crippen molar-refractivity contribution in [3.05, 3.63) is 158 Å². The van der Waals surface area contributed by atoms with Gasteiger partial charge in [0.2, 0.25) is 0 Å². The minimum atomic E-state index is 0.603. The number of nitrogens with zero attached hydrogens (tertiary/aromatic N) is 4. The zero-order valence-electron chi connectivity index (χ0n) is 27.1. The zero-order valence-corrected chi connectivity index (χ0v) is 27.9. The van der Waals surface area contributed by atoms with E-state index in [9.17, 15) is 0 Å². The number of hydrogen-bond donors (Lipinski definition) is 0. The lowest BCUT2D eigenvalue weighted by atomic mass is 10.0. The number of thiophene rings is 1. The Labute approximate surface area is 295 Å². The Morgan fingerprint density at radius 3 is 1.88 bits per heavy atom. The predicted octanol–water partition coefficient (Wildman–Crippen LogP) is 12.2. The van der Waals surface area contributed by atoms with Gasteiger partial charge in [-0.3, -0.25) is 0 Å². The molecule has 0 aliphatic heterocycles. The van der Waals surface area contributed by atoms with Crippen LogP contribution in [0.4, 0.5) is 0 Å². The molecular formula is C45H26N4OS. The molecule has 7 aromatic carbocycles. The van der Waals surface area contributed by atoms with Crippen molar-refractivity contribution >= 4 is 75.3 Å². The van der Waals surface area contributed by atoms with Crippen LogP contribution >= 0.6 is 11.3 Å². The van der Waals surface area contributed by atoms with Gasteiger partial charge in [-0.25, -0.2) is 15.0 Å². The van der Waals surface area contributed by atoms with E-state index in [-0.39, 0.29) is 0 Å². The lowest BCUT2D eigenvalue weighted by Gasteiger charge is -2.10. The molecule has 0 aliphatic carbocycles. The molecule has 0 unspecified atom stereocenters. The standard InChI is InChI=1S/C45H26N4OS/c1-2-12-27(13-3-1)43-46-44(28-24-25-32-31-16-6-9-23-39(31)51-40(32)26-28)48-45(47-43)34-18-11-22-38-41(34)33-17-10-21-37(42(33)50-38)49-35-19-7-4-14-29(35)30-15-5-8-20-36(30)49/h1-26H. The monoisotopic (exact) mass is 670 g/mol. The molecule has 5 nitrogen and oxygen atoms in total. The topological polar surface area (TPSA) is 56.7 Å². The van der Waals surface area contributed by atoms with Crippen LogP contribution in [0.3, 0.4) is 0 Å². The molecule has 0 radical (unpaired) electrons. The highest BCUT2D eigenvalue weighted by atomic mass is 32.1. The Hall–Kier alpha value is -6.63. The van der Waals surface area contributed by atoms with Crippen LogP contribution in [0.5, 0.6) is 0 Å². The average Bonchev–Trinajstić information content (AvgIpc) is 3.87. The van der Waals surface area contributed by atoms with Crippen LogP contribution in [0.1, 0.15) is 0 Å². The average molecular weight is 671 g/mol. The second-order valence-electron chi connectivity index (χ2n) is 12.8. The minimum absolute atomic E-state index is 0.603. The molecule has 0 amide bonds. The Balaban J connectivity index is 1.15. The third kappa shape index (κ3) is 4.30. The molecule has 11 aromatic rings. The van der Waals surface area contributed by atoms with E-state index in [2.05, 4.69) is 120 Å². The van der Waals surface area contributed by atoms with Crippen molar-refractivity contribution in [3.63, 3.8) is 0 Å². The summed E-state index contributed by atoms with van der Waals surface area (Å²) in [6.45, 7) is 0. The summed E-state index contributed by atoms with van der Waals surface area (Å²) in [6.07, 6.45) is 0. The first-order chi connectivity index (χ1) is 25.3. The second-order valence-corrected chi connectivity index (χ2v) is 13.9. The molecule has 238 valence electrons. The van der Waals surface area contributed by atoms with Crippen molar-refractivity contribution in [1.82, 2.24) is 19.5 Å². The third-order valence-electron chi connectivity index (χ3n) is 9.87. The number of rotatable bonds is 4. The lowest BCUT2D eigenvalue weighted by Crippen LogP contribution is -2.00. The first-order valence-corrected chi connectivity index (χ1v) is 17.8. The molecule has 0 saturated carbocycles. The van der Waals surface area contributed by atoms with Crippen molar-refractivity contribution in [2.24, 2.45) is 0 Å². The molecule has 51 heavy (non-hydrogen) atoms. The fourth-order valence-electron chi connectivity index (χ4n) is 7.58. The molecule has 4 heterocycles. The molecule has 0 spiro atoms. The second kappa shape index (κ2) is 10.9. The van der Waals surface area contributed by atoms with Crippen LogP contribution in [-0.4, -0.2) is 19.5 Å².